The third-order valence-corrected chi connectivity index (χ3v) is 6.11. The van der Waals surface area contributed by atoms with Crippen molar-refractivity contribution in [3.63, 3.8) is 0 Å². The Kier molecular flexibility index (Phi) is 5.93. The Bertz CT molecular complexity index is 537. The standard InChI is InChI=1S/C13H20N2O2S2/c1-5-7-15(8-6-2)19(16,17)13-9-11(3)12(18-13)10-14-4/h5-6,9,14H,1-2,7-8,10H2,3-4H3. The Morgan fingerprint density at radius 1 is 1.37 bits per heavy atom. The molecule has 1 N–H and O–H groups in total. The van der Waals surface area contributed by atoms with Crippen LogP contribution in [-0.2, 0) is 16.6 Å². The number of hydrogen-bond donors (Lipinski definition) is 1. The van der Waals surface area contributed by atoms with Gasteiger partial charge in [0.15, 0.2) is 0 Å². The van der Waals surface area contributed by atoms with Gasteiger partial charge in [-0.05, 0) is 25.6 Å². The van der Waals surface area contributed by atoms with E-state index in [1.165, 1.54) is 15.6 Å². The first kappa shape index (κ1) is 16.1. The van der Waals surface area contributed by atoms with Crippen LogP contribution in [0.25, 0.3) is 0 Å². The van der Waals surface area contributed by atoms with E-state index in [1.54, 1.807) is 18.2 Å². The SMILES string of the molecule is C=CCN(CC=C)S(=O)(=O)c1cc(C)c(CNC)s1. The Morgan fingerprint density at radius 3 is 2.42 bits per heavy atom. The van der Waals surface area contributed by atoms with Crippen molar-refractivity contribution in [2.24, 2.45) is 0 Å². The van der Waals surface area contributed by atoms with E-state index in [2.05, 4.69) is 18.5 Å². The summed E-state index contributed by atoms with van der Waals surface area (Å²) in [6.45, 7) is 10.4. The molecule has 0 aromatic carbocycles. The molecule has 106 valence electrons. The molecule has 0 fully saturated rings. The highest BCUT2D eigenvalue weighted by molar-refractivity contribution is 7.91. The number of hydrogen-bond acceptors (Lipinski definition) is 4. The van der Waals surface area contributed by atoms with Gasteiger partial charge in [-0.3, -0.25) is 0 Å². The van der Waals surface area contributed by atoms with Gasteiger partial charge in [-0.25, -0.2) is 8.42 Å². The molecular weight excluding hydrogens is 280 g/mol. The van der Waals surface area contributed by atoms with Crippen LogP contribution < -0.4 is 5.32 Å². The molecule has 1 aromatic rings. The molecule has 0 saturated carbocycles. The number of thiophene rings is 1. The van der Waals surface area contributed by atoms with Crippen molar-refractivity contribution in [2.75, 3.05) is 20.1 Å². The van der Waals surface area contributed by atoms with Gasteiger partial charge in [0, 0.05) is 24.5 Å². The predicted molar refractivity (Wildman–Crippen MR) is 81.0 cm³/mol. The van der Waals surface area contributed by atoms with E-state index in [0.29, 0.717) is 10.8 Å². The lowest BCUT2D eigenvalue weighted by molar-refractivity contribution is 0.476. The van der Waals surface area contributed by atoms with E-state index in [9.17, 15) is 8.42 Å². The van der Waals surface area contributed by atoms with E-state index < -0.39 is 10.0 Å². The molecule has 0 amide bonds. The maximum Gasteiger partial charge on any atom is 0.253 e. The Balaban J connectivity index is 3.13. The van der Waals surface area contributed by atoms with Gasteiger partial charge >= 0.3 is 0 Å². The number of sulfonamides is 1. The van der Waals surface area contributed by atoms with Crippen molar-refractivity contribution >= 4 is 21.4 Å². The zero-order valence-corrected chi connectivity index (χ0v) is 13.0. The van der Waals surface area contributed by atoms with Gasteiger partial charge in [-0.15, -0.1) is 24.5 Å². The van der Waals surface area contributed by atoms with Gasteiger partial charge in [0.05, 0.1) is 0 Å². The third kappa shape index (κ3) is 3.76. The molecule has 4 nitrogen and oxygen atoms in total. The lowest BCUT2D eigenvalue weighted by Crippen LogP contribution is -2.30. The topological polar surface area (TPSA) is 49.4 Å². The highest BCUT2D eigenvalue weighted by Gasteiger charge is 2.25. The van der Waals surface area contributed by atoms with Crippen molar-refractivity contribution < 1.29 is 8.42 Å². The molecule has 0 bridgehead atoms. The van der Waals surface area contributed by atoms with Gasteiger partial charge in [-0.1, -0.05) is 12.2 Å². The van der Waals surface area contributed by atoms with E-state index in [0.717, 1.165) is 10.4 Å². The summed E-state index contributed by atoms with van der Waals surface area (Å²) in [6, 6.07) is 1.73. The van der Waals surface area contributed by atoms with E-state index in [1.807, 2.05) is 14.0 Å². The van der Waals surface area contributed by atoms with Gasteiger partial charge in [0.25, 0.3) is 10.0 Å². The fourth-order valence-electron chi connectivity index (χ4n) is 1.64. The Labute approximate surface area is 119 Å². The van der Waals surface area contributed by atoms with Crippen LogP contribution in [0, 0.1) is 6.92 Å². The molecule has 0 radical (unpaired) electrons. The molecule has 0 aliphatic heterocycles. The second-order valence-corrected chi connectivity index (χ2v) is 7.40. The van der Waals surface area contributed by atoms with E-state index in [-0.39, 0.29) is 13.1 Å². The minimum atomic E-state index is -3.46. The molecule has 1 rings (SSSR count). The second-order valence-electron chi connectivity index (χ2n) is 4.10. The average Bonchev–Trinajstić information content (AvgIpc) is 2.72. The van der Waals surface area contributed by atoms with Crippen LogP contribution >= 0.6 is 11.3 Å². The molecular formula is C13H20N2O2S2. The molecule has 19 heavy (non-hydrogen) atoms. The number of nitrogens with zero attached hydrogens (tertiary/aromatic N) is 1. The molecule has 1 heterocycles. The molecule has 1 aromatic heterocycles. The molecule has 0 aliphatic carbocycles. The summed E-state index contributed by atoms with van der Waals surface area (Å²) in [5, 5.41) is 3.04. The van der Waals surface area contributed by atoms with Crippen LogP contribution in [0.4, 0.5) is 0 Å². The fraction of sp³-hybridized carbons (Fsp3) is 0.385. The first-order chi connectivity index (χ1) is 8.97. The van der Waals surface area contributed by atoms with Crippen molar-refractivity contribution in [3.05, 3.63) is 41.8 Å². The maximum atomic E-state index is 12.5. The Morgan fingerprint density at radius 2 is 1.95 bits per heavy atom. The van der Waals surface area contributed by atoms with Gasteiger partial charge < -0.3 is 5.32 Å². The summed E-state index contributed by atoms with van der Waals surface area (Å²) < 4.78 is 26.7. The van der Waals surface area contributed by atoms with E-state index >= 15 is 0 Å². The third-order valence-electron chi connectivity index (χ3n) is 2.59. The lowest BCUT2D eigenvalue weighted by atomic mass is 10.3. The summed E-state index contributed by atoms with van der Waals surface area (Å²) in [5.74, 6) is 0. The second kappa shape index (κ2) is 7.00. The summed E-state index contributed by atoms with van der Waals surface area (Å²) in [4.78, 5) is 1.04. The predicted octanol–water partition coefficient (Wildman–Crippen LogP) is 2.14. The van der Waals surface area contributed by atoms with Crippen LogP contribution in [0.2, 0.25) is 0 Å². The monoisotopic (exact) mass is 300 g/mol. The molecule has 0 saturated heterocycles. The molecule has 0 atom stereocenters. The van der Waals surface area contributed by atoms with Crippen LogP contribution in [0.5, 0.6) is 0 Å². The molecule has 0 unspecified atom stereocenters. The van der Waals surface area contributed by atoms with Gasteiger partial charge in [0.1, 0.15) is 4.21 Å². The number of aryl methyl sites for hydroxylation is 1. The summed E-state index contributed by atoms with van der Waals surface area (Å²) in [6.07, 6.45) is 3.16. The van der Waals surface area contributed by atoms with Crippen LogP contribution in [0.15, 0.2) is 35.6 Å². The average molecular weight is 300 g/mol. The lowest BCUT2D eigenvalue weighted by Gasteiger charge is -2.17. The summed E-state index contributed by atoms with van der Waals surface area (Å²) in [5.41, 5.74) is 0.995. The van der Waals surface area contributed by atoms with Gasteiger partial charge in [-0.2, -0.15) is 4.31 Å². The van der Waals surface area contributed by atoms with Crippen molar-refractivity contribution in [3.8, 4) is 0 Å². The zero-order valence-electron chi connectivity index (χ0n) is 11.3. The van der Waals surface area contributed by atoms with E-state index in [4.69, 9.17) is 0 Å². The van der Waals surface area contributed by atoms with Crippen molar-refractivity contribution in [1.29, 1.82) is 0 Å². The zero-order chi connectivity index (χ0) is 14.5. The number of nitrogens with one attached hydrogen (secondary N) is 1. The highest BCUT2D eigenvalue weighted by atomic mass is 32.2. The quantitative estimate of drug-likeness (QED) is 0.748. The Hall–Kier alpha value is -0.950. The van der Waals surface area contributed by atoms with Crippen molar-refractivity contribution in [1.82, 2.24) is 9.62 Å². The first-order valence-corrected chi connectivity index (χ1v) is 8.18. The molecule has 6 heteroatoms. The minimum Gasteiger partial charge on any atom is -0.315 e. The van der Waals surface area contributed by atoms with Crippen LogP contribution in [-0.4, -0.2) is 32.9 Å². The van der Waals surface area contributed by atoms with Crippen LogP contribution in [0.3, 0.4) is 0 Å². The number of rotatable bonds is 8. The maximum absolute atomic E-state index is 12.5. The largest absolute Gasteiger partial charge is 0.315 e. The van der Waals surface area contributed by atoms with Crippen LogP contribution in [0.1, 0.15) is 10.4 Å². The molecule has 0 aliphatic rings. The smallest absolute Gasteiger partial charge is 0.253 e. The first-order valence-electron chi connectivity index (χ1n) is 5.93. The normalized spacial score (nSPS) is 11.7. The molecule has 0 spiro atoms. The van der Waals surface area contributed by atoms with Crippen molar-refractivity contribution in [2.45, 2.75) is 17.7 Å². The highest BCUT2D eigenvalue weighted by Crippen LogP contribution is 2.28. The minimum absolute atomic E-state index is 0.284. The summed E-state index contributed by atoms with van der Waals surface area (Å²) >= 11 is 1.31. The fourth-order valence-corrected chi connectivity index (χ4v) is 4.78. The van der Waals surface area contributed by atoms with Gasteiger partial charge in [0.2, 0.25) is 0 Å². The summed E-state index contributed by atoms with van der Waals surface area (Å²) in [7, 11) is -1.62.